The lowest BCUT2D eigenvalue weighted by molar-refractivity contribution is 0.148. The third-order valence-electron chi connectivity index (χ3n) is 4.64. The number of hydrogen-bond acceptors (Lipinski definition) is 2. The van der Waals surface area contributed by atoms with Gasteiger partial charge in [0, 0.05) is 6.04 Å². The molecule has 2 rings (SSSR count). The minimum atomic E-state index is 0.194. The van der Waals surface area contributed by atoms with E-state index in [4.69, 9.17) is 4.74 Å². The zero-order valence-electron chi connectivity index (χ0n) is 14.3. The molecule has 0 spiro atoms. The van der Waals surface area contributed by atoms with Crippen molar-refractivity contribution in [2.24, 2.45) is 0 Å². The van der Waals surface area contributed by atoms with Gasteiger partial charge >= 0.3 is 0 Å². The Kier molecular flexibility index (Phi) is 5.32. The van der Waals surface area contributed by atoms with Crippen molar-refractivity contribution in [3.05, 3.63) is 29.3 Å². The van der Waals surface area contributed by atoms with E-state index in [-0.39, 0.29) is 5.41 Å². The number of aryl methyl sites for hydroxylation is 1. The summed E-state index contributed by atoms with van der Waals surface area (Å²) in [4.78, 5) is 0. The number of benzene rings is 1. The average Bonchev–Trinajstić information content (AvgIpc) is 2.64. The highest BCUT2D eigenvalue weighted by Gasteiger charge is 2.24. The second-order valence-electron chi connectivity index (χ2n) is 7.42. The molecule has 2 heteroatoms. The summed E-state index contributed by atoms with van der Waals surface area (Å²) >= 11 is 0. The van der Waals surface area contributed by atoms with Gasteiger partial charge in [-0.2, -0.15) is 0 Å². The van der Waals surface area contributed by atoms with Crippen molar-refractivity contribution in [3.8, 4) is 5.75 Å². The van der Waals surface area contributed by atoms with Gasteiger partial charge in [0.25, 0.3) is 0 Å². The van der Waals surface area contributed by atoms with Gasteiger partial charge in [0.2, 0.25) is 0 Å². The van der Waals surface area contributed by atoms with Crippen LogP contribution in [0.5, 0.6) is 5.75 Å². The second-order valence-corrected chi connectivity index (χ2v) is 7.42. The normalized spacial score (nSPS) is 23.7. The van der Waals surface area contributed by atoms with Gasteiger partial charge < -0.3 is 10.1 Å². The smallest absolute Gasteiger partial charge is 0.122 e. The molecule has 1 saturated carbocycles. The van der Waals surface area contributed by atoms with Crippen molar-refractivity contribution in [2.45, 2.75) is 77.4 Å². The van der Waals surface area contributed by atoms with E-state index >= 15 is 0 Å². The van der Waals surface area contributed by atoms with Crippen molar-refractivity contribution in [1.29, 1.82) is 0 Å². The molecular weight excluding hydrogens is 258 g/mol. The minimum Gasteiger partial charge on any atom is -0.489 e. The van der Waals surface area contributed by atoms with E-state index in [9.17, 15) is 0 Å². The molecule has 2 nitrogen and oxygen atoms in total. The Morgan fingerprint density at radius 1 is 1.10 bits per heavy atom. The van der Waals surface area contributed by atoms with E-state index in [1.165, 1.54) is 36.8 Å². The van der Waals surface area contributed by atoms with E-state index in [0.717, 1.165) is 12.2 Å². The first-order valence-electron chi connectivity index (χ1n) is 8.37. The maximum Gasteiger partial charge on any atom is 0.122 e. The summed E-state index contributed by atoms with van der Waals surface area (Å²) in [6.45, 7) is 8.93. The molecule has 118 valence electrons. The van der Waals surface area contributed by atoms with Gasteiger partial charge in [0.1, 0.15) is 11.9 Å². The van der Waals surface area contributed by atoms with Crippen molar-refractivity contribution in [2.75, 3.05) is 7.05 Å². The number of nitrogens with one attached hydrogen (secondary N) is 1. The van der Waals surface area contributed by atoms with Crippen LogP contribution in [0.1, 0.15) is 64.0 Å². The van der Waals surface area contributed by atoms with Crippen LogP contribution in [0, 0.1) is 6.92 Å². The molecule has 1 aliphatic carbocycles. The zero-order valence-corrected chi connectivity index (χ0v) is 14.3. The Bertz CT molecular complexity index is 461. The molecule has 1 N–H and O–H groups in total. The molecule has 0 bridgehead atoms. The van der Waals surface area contributed by atoms with Crippen molar-refractivity contribution >= 4 is 0 Å². The van der Waals surface area contributed by atoms with Crippen LogP contribution < -0.4 is 10.1 Å². The van der Waals surface area contributed by atoms with Crippen LogP contribution in [-0.2, 0) is 5.41 Å². The maximum atomic E-state index is 6.37. The molecule has 0 amide bonds. The molecule has 0 radical (unpaired) electrons. The van der Waals surface area contributed by atoms with Crippen LogP contribution in [0.25, 0.3) is 0 Å². The van der Waals surface area contributed by atoms with Gasteiger partial charge in [0.05, 0.1) is 0 Å². The molecule has 1 aromatic carbocycles. The Morgan fingerprint density at radius 2 is 1.81 bits per heavy atom. The lowest BCUT2D eigenvalue weighted by atomic mass is 9.86. The third-order valence-corrected chi connectivity index (χ3v) is 4.64. The second kappa shape index (κ2) is 6.83. The van der Waals surface area contributed by atoms with Crippen LogP contribution in [-0.4, -0.2) is 19.2 Å². The minimum absolute atomic E-state index is 0.194. The number of ether oxygens (including phenoxy) is 1. The molecule has 1 aliphatic rings. The topological polar surface area (TPSA) is 21.3 Å². The highest BCUT2D eigenvalue weighted by Crippen LogP contribution is 2.30. The van der Waals surface area contributed by atoms with E-state index in [1.807, 2.05) is 0 Å². The fourth-order valence-electron chi connectivity index (χ4n) is 3.16. The Morgan fingerprint density at radius 3 is 2.43 bits per heavy atom. The Labute approximate surface area is 130 Å². The molecule has 0 heterocycles. The summed E-state index contributed by atoms with van der Waals surface area (Å²) in [5.41, 5.74) is 2.82. The highest BCUT2D eigenvalue weighted by molar-refractivity contribution is 5.39. The molecule has 2 unspecified atom stereocenters. The van der Waals surface area contributed by atoms with Gasteiger partial charge in [-0.15, -0.1) is 0 Å². The molecule has 21 heavy (non-hydrogen) atoms. The van der Waals surface area contributed by atoms with Crippen LogP contribution in [0.2, 0.25) is 0 Å². The van der Waals surface area contributed by atoms with Gasteiger partial charge in [-0.05, 0) is 55.8 Å². The van der Waals surface area contributed by atoms with Crippen LogP contribution in [0.4, 0.5) is 0 Å². The summed E-state index contributed by atoms with van der Waals surface area (Å²) in [6.07, 6.45) is 6.61. The standard InChI is InChI=1S/C19H31NO/c1-14-13-15(19(2,3)4)11-12-17(14)21-18-10-8-6-7-9-16(18)20-5/h11-13,16,18,20H,6-10H2,1-5H3. The van der Waals surface area contributed by atoms with Gasteiger partial charge in [-0.1, -0.05) is 45.7 Å². The SMILES string of the molecule is CNC1CCCCCC1Oc1ccc(C(C)(C)C)cc1C. The van der Waals surface area contributed by atoms with Crippen molar-refractivity contribution < 1.29 is 4.74 Å². The lowest BCUT2D eigenvalue weighted by Crippen LogP contribution is -2.40. The fraction of sp³-hybridized carbons (Fsp3) is 0.684. The monoisotopic (exact) mass is 289 g/mol. The van der Waals surface area contributed by atoms with Gasteiger partial charge in [-0.3, -0.25) is 0 Å². The molecule has 0 aliphatic heterocycles. The largest absolute Gasteiger partial charge is 0.489 e. The van der Waals surface area contributed by atoms with Crippen LogP contribution >= 0.6 is 0 Å². The summed E-state index contributed by atoms with van der Waals surface area (Å²) < 4.78 is 6.37. The molecule has 1 fully saturated rings. The first-order valence-corrected chi connectivity index (χ1v) is 8.37. The van der Waals surface area contributed by atoms with E-state index < -0.39 is 0 Å². The van der Waals surface area contributed by atoms with Gasteiger partial charge in [0.15, 0.2) is 0 Å². The number of rotatable bonds is 3. The molecule has 0 aromatic heterocycles. The predicted molar refractivity (Wildman–Crippen MR) is 90.2 cm³/mol. The first-order chi connectivity index (χ1) is 9.91. The van der Waals surface area contributed by atoms with Crippen molar-refractivity contribution in [3.63, 3.8) is 0 Å². The predicted octanol–water partition coefficient (Wildman–Crippen LogP) is 4.59. The Balaban J connectivity index is 2.14. The fourth-order valence-corrected chi connectivity index (χ4v) is 3.16. The van der Waals surface area contributed by atoms with Crippen LogP contribution in [0.3, 0.4) is 0 Å². The van der Waals surface area contributed by atoms with Crippen molar-refractivity contribution in [1.82, 2.24) is 5.32 Å². The molecule has 1 aromatic rings. The molecule has 2 atom stereocenters. The highest BCUT2D eigenvalue weighted by atomic mass is 16.5. The summed E-state index contributed by atoms with van der Waals surface area (Å²) in [7, 11) is 2.06. The van der Waals surface area contributed by atoms with E-state index in [0.29, 0.717) is 12.1 Å². The van der Waals surface area contributed by atoms with Crippen LogP contribution in [0.15, 0.2) is 18.2 Å². The average molecular weight is 289 g/mol. The molecule has 0 saturated heterocycles. The lowest BCUT2D eigenvalue weighted by Gasteiger charge is -2.27. The number of likely N-dealkylation sites (N-methyl/N-ethyl adjacent to an activating group) is 1. The molecular formula is C19H31NO. The maximum absolute atomic E-state index is 6.37. The zero-order chi connectivity index (χ0) is 15.5. The summed E-state index contributed by atoms with van der Waals surface area (Å²) in [5, 5.41) is 3.44. The number of hydrogen-bond donors (Lipinski definition) is 1. The Hall–Kier alpha value is -1.02. The van der Waals surface area contributed by atoms with Gasteiger partial charge in [-0.25, -0.2) is 0 Å². The third kappa shape index (κ3) is 4.23. The van der Waals surface area contributed by atoms with E-state index in [2.05, 4.69) is 58.3 Å². The summed E-state index contributed by atoms with van der Waals surface area (Å²) in [5.74, 6) is 1.05. The van der Waals surface area contributed by atoms with E-state index in [1.54, 1.807) is 0 Å². The summed E-state index contributed by atoms with van der Waals surface area (Å²) in [6, 6.07) is 7.13. The quantitative estimate of drug-likeness (QED) is 0.822. The first kappa shape index (κ1) is 16.4.